The van der Waals surface area contributed by atoms with Gasteiger partial charge < -0.3 is 9.47 Å². The summed E-state index contributed by atoms with van der Waals surface area (Å²) in [6.07, 6.45) is 1.49. The summed E-state index contributed by atoms with van der Waals surface area (Å²) in [7, 11) is 0. The molecule has 0 heterocycles. The number of carbonyl (C=O) groups is 2. The van der Waals surface area contributed by atoms with Gasteiger partial charge >= 0.3 is 5.97 Å². The Kier molecular flexibility index (Phi) is 7.72. The van der Waals surface area contributed by atoms with Gasteiger partial charge in [0.15, 0.2) is 6.61 Å². The van der Waals surface area contributed by atoms with Crippen LogP contribution in [0.4, 0.5) is 0 Å². The first-order valence-electron chi connectivity index (χ1n) is 10.2. The van der Waals surface area contributed by atoms with Gasteiger partial charge in [0.25, 0.3) is 5.91 Å². The van der Waals surface area contributed by atoms with Crippen molar-refractivity contribution in [2.75, 3.05) is 6.61 Å². The van der Waals surface area contributed by atoms with Crippen LogP contribution in [0.25, 0.3) is 10.8 Å². The number of nitrogens with zero attached hydrogens (tertiary/aromatic N) is 1. The zero-order valence-electron chi connectivity index (χ0n) is 17.7. The van der Waals surface area contributed by atoms with Gasteiger partial charge in [-0.1, -0.05) is 42.5 Å². The van der Waals surface area contributed by atoms with E-state index in [1.807, 2.05) is 42.5 Å². The van der Waals surface area contributed by atoms with Crippen molar-refractivity contribution in [3.05, 3.63) is 105 Å². The van der Waals surface area contributed by atoms with Crippen LogP contribution in [0.2, 0.25) is 0 Å². The van der Waals surface area contributed by atoms with Crippen molar-refractivity contribution in [2.45, 2.75) is 0 Å². The lowest BCUT2D eigenvalue weighted by molar-refractivity contribution is -0.123. The van der Waals surface area contributed by atoms with E-state index in [-0.39, 0.29) is 6.61 Å². The second-order valence-electron chi connectivity index (χ2n) is 7.12. The molecule has 1 N–H and O–H groups in total. The van der Waals surface area contributed by atoms with Crippen molar-refractivity contribution in [3.63, 3.8) is 0 Å². The molecule has 0 spiro atoms. The van der Waals surface area contributed by atoms with Crippen LogP contribution in [0, 0.1) is 0 Å². The highest BCUT2D eigenvalue weighted by Gasteiger charge is 2.12. The van der Waals surface area contributed by atoms with Crippen LogP contribution in [0.5, 0.6) is 11.5 Å². The molecular weight excluding hydrogens is 564 g/mol. The molecule has 170 valence electrons. The number of hydrogen-bond donors (Lipinski definition) is 1. The summed E-state index contributed by atoms with van der Waals surface area (Å²) in [5.74, 6) is 0.122. The Morgan fingerprint density at radius 3 is 2.41 bits per heavy atom. The summed E-state index contributed by atoms with van der Waals surface area (Å²) in [6, 6.07) is 25.4. The van der Waals surface area contributed by atoms with E-state index in [1.165, 1.54) is 6.21 Å². The highest BCUT2D eigenvalue weighted by Crippen LogP contribution is 2.32. The smallest absolute Gasteiger partial charge is 0.344 e. The second kappa shape index (κ2) is 11.1. The zero-order chi connectivity index (χ0) is 23.9. The molecule has 0 aliphatic rings. The average molecular weight is 582 g/mol. The Hall–Kier alpha value is -3.49. The Morgan fingerprint density at radius 2 is 1.62 bits per heavy atom. The standard InChI is InChI=1S/C26H18Br2N2O4/c27-22-8-4-3-7-21(22)26(32)34-19-12-9-17(10-13-19)15-29-30-24(31)16-33-23-14-11-18-5-1-2-6-20(18)25(23)28/h1-15H,16H2,(H,30,31)/b29-15+. The highest BCUT2D eigenvalue weighted by atomic mass is 79.9. The van der Waals surface area contributed by atoms with Gasteiger partial charge in [-0.3, -0.25) is 4.79 Å². The molecule has 4 aromatic carbocycles. The summed E-state index contributed by atoms with van der Waals surface area (Å²) in [6.45, 7) is -0.182. The Labute approximate surface area is 212 Å². The van der Waals surface area contributed by atoms with Crippen LogP contribution < -0.4 is 14.9 Å². The second-order valence-corrected chi connectivity index (χ2v) is 8.77. The number of halogens is 2. The average Bonchev–Trinajstić information content (AvgIpc) is 2.85. The van der Waals surface area contributed by atoms with Crippen LogP contribution in [0.15, 0.2) is 99.0 Å². The van der Waals surface area contributed by atoms with E-state index in [2.05, 4.69) is 42.4 Å². The molecule has 0 unspecified atom stereocenters. The molecular formula is C26H18Br2N2O4. The first kappa shape index (κ1) is 23.7. The number of carbonyl (C=O) groups excluding carboxylic acids is 2. The molecule has 0 saturated carbocycles. The molecule has 0 radical (unpaired) electrons. The summed E-state index contributed by atoms with van der Waals surface area (Å²) in [5, 5.41) is 6.02. The number of benzene rings is 4. The van der Waals surface area contributed by atoms with Gasteiger partial charge in [-0.2, -0.15) is 5.10 Å². The van der Waals surface area contributed by atoms with Crippen LogP contribution in [-0.2, 0) is 4.79 Å². The van der Waals surface area contributed by atoms with E-state index in [9.17, 15) is 9.59 Å². The third-order valence-electron chi connectivity index (χ3n) is 4.77. The third-order valence-corrected chi connectivity index (χ3v) is 6.28. The molecule has 8 heteroatoms. The quantitative estimate of drug-likeness (QED) is 0.124. The van der Waals surface area contributed by atoms with Crippen molar-refractivity contribution < 1.29 is 19.1 Å². The number of nitrogens with one attached hydrogen (secondary N) is 1. The van der Waals surface area contributed by atoms with Gasteiger partial charge in [-0.15, -0.1) is 0 Å². The van der Waals surface area contributed by atoms with Crippen molar-refractivity contribution in [2.24, 2.45) is 5.10 Å². The first-order valence-corrected chi connectivity index (χ1v) is 11.8. The molecule has 0 aromatic heterocycles. The highest BCUT2D eigenvalue weighted by molar-refractivity contribution is 9.11. The number of esters is 1. The van der Waals surface area contributed by atoms with Crippen molar-refractivity contribution in [1.82, 2.24) is 5.43 Å². The number of ether oxygens (including phenoxy) is 2. The molecule has 1 amide bonds. The minimum absolute atomic E-state index is 0.182. The van der Waals surface area contributed by atoms with Gasteiger partial charge in [0.05, 0.1) is 16.3 Å². The SMILES string of the molecule is O=C(COc1ccc2ccccc2c1Br)N/N=C/c1ccc(OC(=O)c2ccccc2Br)cc1. The maximum Gasteiger partial charge on any atom is 0.344 e. The molecule has 0 aliphatic carbocycles. The summed E-state index contributed by atoms with van der Waals surface area (Å²) >= 11 is 6.87. The van der Waals surface area contributed by atoms with Crippen LogP contribution in [0.3, 0.4) is 0 Å². The molecule has 0 fully saturated rings. The van der Waals surface area contributed by atoms with Crippen molar-refractivity contribution in [1.29, 1.82) is 0 Å². The molecule has 4 aromatic rings. The van der Waals surface area contributed by atoms with Gasteiger partial charge in [-0.25, -0.2) is 10.2 Å². The molecule has 6 nitrogen and oxygen atoms in total. The number of hydrogen-bond acceptors (Lipinski definition) is 5. The molecule has 4 rings (SSSR count). The van der Waals surface area contributed by atoms with E-state index < -0.39 is 11.9 Å². The Balaban J connectivity index is 1.28. The fourth-order valence-electron chi connectivity index (χ4n) is 3.09. The minimum atomic E-state index is -0.459. The number of fused-ring (bicyclic) bond motifs is 1. The monoisotopic (exact) mass is 580 g/mol. The summed E-state index contributed by atoms with van der Waals surface area (Å²) < 4.78 is 12.5. The maximum atomic E-state index is 12.3. The van der Waals surface area contributed by atoms with E-state index >= 15 is 0 Å². The van der Waals surface area contributed by atoms with Crippen LogP contribution in [-0.4, -0.2) is 24.7 Å². The number of hydrazone groups is 1. The van der Waals surface area contributed by atoms with Crippen LogP contribution >= 0.6 is 31.9 Å². The number of amides is 1. The Morgan fingerprint density at radius 1 is 0.882 bits per heavy atom. The van der Waals surface area contributed by atoms with Crippen molar-refractivity contribution in [3.8, 4) is 11.5 Å². The van der Waals surface area contributed by atoms with Gasteiger partial charge in [0.2, 0.25) is 0 Å². The lowest BCUT2D eigenvalue weighted by Gasteiger charge is -2.09. The maximum absolute atomic E-state index is 12.3. The minimum Gasteiger partial charge on any atom is -0.483 e. The van der Waals surface area contributed by atoms with Crippen molar-refractivity contribution >= 4 is 60.7 Å². The summed E-state index contributed by atoms with van der Waals surface area (Å²) in [4.78, 5) is 24.4. The fourth-order valence-corrected chi connectivity index (χ4v) is 4.14. The van der Waals surface area contributed by atoms with Gasteiger partial charge in [0.1, 0.15) is 11.5 Å². The van der Waals surface area contributed by atoms with E-state index in [1.54, 1.807) is 42.5 Å². The first-order chi connectivity index (χ1) is 16.5. The lowest BCUT2D eigenvalue weighted by Crippen LogP contribution is -2.24. The molecule has 0 aliphatic heterocycles. The Bertz CT molecular complexity index is 1370. The van der Waals surface area contributed by atoms with E-state index in [0.29, 0.717) is 21.5 Å². The molecule has 0 atom stereocenters. The van der Waals surface area contributed by atoms with Gasteiger partial charge in [-0.05, 0) is 90.7 Å². The van der Waals surface area contributed by atoms with E-state index in [4.69, 9.17) is 9.47 Å². The largest absolute Gasteiger partial charge is 0.483 e. The molecule has 34 heavy (non-hydrogen) atoms. The summed E-state index contributed by atoms with van der Waals surface area (Å²) in [5.41, 5.74) is 3.59. The lowest BCUT2D eigenvalue weighted by atomic mass is 10.1. The van der Waals surface area contributed by atoms with E-state index in [0.717, 1.165) is 20.8 Å². The predicted molar refractivity (Wildman–Crippen MR) is 138 cm³/mol. The third kappa shape index (κ3) is 5.89. The zero-order valence-corrected chi connectivity index (χ0v) is 20.9. The molecule has 0 bridgehead atoms. The predicted octanol–water partition coefficient (Wildman–Crippen LogP) is 6.11. The normalized spacial score (nSPS) is 10.9. The fraction of sp³-hybridized carbons (Fsp3) is 0.0385. The van der Waals surface area contributed by atoms with Crippen LogP contribution in [0.1, 0.15) is 15.9 Å². The topological polar surface area (TPSA) is 77.0 Å². The van der Waals surface area contributed by atoms with Gasteiger partial charge in [0, 0.05) is 4.47 Å². The molecule has 0 saturated heterocycles. The number of rotatable bonds is 7.